The molecule has 4 heterocycles. The number of likely N-dealkylation sites (N-methyl/N-ethyl adjacent to an activating group) is 1. The molecule has 0 aromatic carbocycles. The van der Waals surface area contributed by atoms with Crippen LogP contribution in [0.4, 0.5) is 0 Å². The fraction of sp³-hybridized carbons (Fsp3) is 0.400. The maximum absolute atomic E-state index is 5.99. The number of rotatable bonds is 4. The van der Waals surface area contributed by atoms with E-state index in [4.69, 9.17) is 16.1 Å². The van der Waals surface area contributed by atoms with Crippen molar-refractivity contribution in [3.63, 3.8) is 0 Å². The molecular weight excluding hydrogens is 366 g/mol. The molecule has 3 aromatic heterocycles. The van der Waals surface area contributed by atoms with E-state index >= 15 is 0 Å². The van der Waals surface area contributed by atoms with Crippen LogP contribution in [0.1, 0.15) is 23.5 Å². The van der Waals surface area contributed by atoms with Crippen LogP contribution in [0.2, 0.25) is 4.34 Å². The first-order valence-corrected chi connectivity index (χ1v) is 9.70. The van der Waals surface area contributed by atoms with E-state index in [0.29, 0.717) is 12.3 Å². The third kappa shape index (κ3) is 3.38. The van der Waals surface area contributed by atoms with Crippen LogP contribution in [0, 0.1) is 0 Å². The molecule has 0 amide bonds. The normalized spacial score (nSPS) is 19.0. The number of piperazine rings is 1. The van der Waals surface area contributed by atoms with Crippen LogP contribution in [-0.4, -0.2) is 46.7 Å². The topological polar surface area (TPSA) is 67.1 Å². The second-order valence-corrected chi connectivity index (χ2v) is 8.24. The molecule has 1 atom stereocenters. The van der Waals surface area contributed by atoms with E-state index in [0.717, 1.165) is 45.4 Å². The largest absolute Gasteiger partial charge is 0.339 e. The van der Waals surface area contributed by atoms with E-state index in [1.54, 1.807) is 11.3 Å². The summed E-state index contributed by atoms with van der Waals surface area (Å²) in [5.41, 5.74) is 0.935. The molecular formula is C15H16ClN5OS2. The molecule has 1 unspecified atom stereocenters. The summed E-state index contributed by atoms with van der Waals surface area (Å²) in [4.78, 5) is 12.5. The smallest absolute Gasteiger partial charge is 0.232 e. The lowest BCUT2D eigenvalue weighted by atomic mass is 10.2. The average Bonchev–Trinajstić information content (AvgIpc) is 3.29. The number of hydrogen-bond donors (Lipinski definition) is 1. The Bertz CT molecular complexity index is 829. The Labute approximate surface area is 152 Å². The van der Waals surface area contributed by atoms with Crippen molar-refractivity contribution in [2.24, 2.45) is 0 Å². The van der Waals surface area contributed by atoms with Gasteiger partial charge in [-0.15, -0.1) is 22.7 Å². The molecule has 6 nitrogen and oxygen atoms in total. The first-order valence-electron chi connectivity index (χ1n) is 7.62. The molecule has 3 aromatic rings. The molecule has 0 aliphatic carbocycles. The minimum absolute atomic E-state index is 0.163. The van der Waals surface area contributed by atoms with Gasteiger partial charge in [0.15, 0.2) is 5.82 Å². The molecule has 0 spiro atoms. The highest BCUT2D eigenvalue weighted by Gasteiger charge is 2.25. The van der Waals surface area contributed by atoms with Crippen LogP contribution in [0.3, 0.4) is 0 Å². The van der Waals surface area contributed by atoms with Crippen molar-refractivity contribution < 1.29 is 4.52 Å². The monoisotopic (exact) mass is 381 g/mol. The van der Waals surface area contributed by atoms with Gasteiger partial charge in [-0.1, -0.05) is 16.8 Å². The van der Waals surface area contributed by atoms with Gasteiger partial charge in [-0.2, -0.15) is 4.98 Å². The lowest BCUT2D eigenvalue weighted by Crippen LogP contribution is -2.44. The molecule has 0 bridgehead atoms. The SMILES string of the molecule is CN1CCNCC1c1noc(Cc2csc(-c3ccc(Cl)s3)n2)n1. The summed E-state index contributed by atoms with van der Waals surface area (Å²) < 4.78 is 6.19. The number of nitrogens with zero attached hydrogens (tertiary/aromatic N) is 4. The lowest BCUT2D eigenvalue weighted by Gasteiger charge is -2.30. The third-order valence-electron chi connectivity index (χ3n) is 3.96. The van der Waals surface area contributed by atoms with Crippen LogP contribution in [0.25, 0.3) is 9.88 Å². The minimum Gasteiger partial charge on any atom is -0.339 e. The van der Waals surface area contributed by atoms with Crippen molar-refractivity contribution in [2.45, 2.75) is 12.5 Å². The van der Waals surface area contributed by atoms with Gasteiger partial charge in [-0.25, -0.2) is 4.98 Å². The molecule has 0 saturated carbocycles. The van der Waals surface area contributed by atoms with Gasteiger partial charge in [-0.3, -0.25) is 4.90 Å². The molecule has 0 radical (unpaired) electrons. The van der Waals surface area contributed by atoms with E-state index < -0.39 is 0 Å². The van der Waals surface area contributed by atoms with Crippen LogP contribution in [0.5, 0.6) is 0 Å². The molecule has 1 fully saturated rings. The Balaban J connectivity index is 1.47. The molecule has 4 rings (SSSR count). The fourth-order valence-electron chi connectivity index (χ4n) is 2.65. The Morgan fingerprint density at radius 3 is 3.12 bits per heavy atom. The summed E-state index contributed by atoms with van der Waals surface area (Å²) in [7, 11) is 2.08. The van der Waals surface area contributed by atoms with Crippen molar-refractivity contribution >= 4 is 34.3 Å². The number of thiazole rings is 1. The lowest BCUT2D eigenvalue weighted by molar-refractivity contribution is 0.190. The summed E-state index contributed by atoms with van der Waals surface area (Å²) in [5, 5.41) is 10.5. The molecule has 9 heteroatoms. The van der Waals surface area contributed by atoms with Gasteiger partial charge in [0, 0.05) is 25.0 Å². The van der Waals surface area contributed by atoms with Gasteiger partial charge in [0.1, 0.15) is 5.01 Å². The van der Waals surface area contributed by atoms with Crippen molar-refractivity contribution in [1.29, 1.82) is 0 Å². The van der Waals surface area contributed by atoms with Gasteiger partial charge in [0.05, 0.1) is 27.4 Å². The Hall–Kier alpha value is -1.32. The molecule has 126 valence electrons. The van der Waals surface area contributed by atoms with E-state index in [9.17, 15) is 0 Å². The van der Waals surface area contributed by atoms with Crippen LogP contribution in [0.15, 0.2) is 22.0 Å². The summed E-state index contributed by atoms with van der Waals surface area (Å²) in [5.74, 6) is 1.34. The Kier molecular flexibility index (Phi) is 4.64. The number of nitrogens with one attached hydrogen (secondary N) is 1. The number of aromatic nitrogens is 3. The zero-order chi connectivity index (χ0) is 16.5. The summed E-state index contributed by atoms with van der Waals surface area (Å²) in [6.45, 7) is 2.81. The van der Waals surface area contributed by atoms with Gasteiger partial charge in [-0.05, 0) is 19.2 Å². The second-order valence-electron chi connectivity index (χ2n) is 5.67. The first kappa shape index (κ1) is 16.2. The highest BCUT2D eigenvalue weighted by atomic mass is 35.5. The highest BCUT2D eigenvalue weighted by Crippen LogP contribution is 2.33. The molecule has 1 aliphatic rings. The van der Waals surface area contributed by atoms with Gasteiger partial charge in [0.2, 0.25) is 5.89 Å². The third-order valence-corrected chi connectivity index (χ3v) is 6.25. The summed E-state index contributed by atoms with van der Waals surface area (Å²) in [6.07, 6.45) is 0.548. The van der Waals surface area contributed by atoms with E-state index in [-0.39, 0.29) is 6.04 Å². The number of thiophene rings is 1. The molecule has 1 saturated heterocycles. The Morgan fingerprint density at radius 1 is 1.42 bits per heavy atom. The summed E-state index contributed by atoms with van der Waals surface area (Å²) >= 11 is 9.12. The fourth-order valence-corrected chi connectivity index (χ4v) is 4.59. The predicted molar refractivity (Wildman–Crippen MR) is 95.8 cm³/mol. The molecule has 1 aliphatic heterocycles. The van der Waals surface area contributed by atoms with Crippen LogP contribution < -0.4 is 5.32 Å². The van der Waals surface area contributed by atoms with Gasteiger partial charge < -0.3 is 9.84 Å². The predicted octanol–water partition coefficient (Wildman–Crippen LogP) is 3.07. The molecule has 1 N–H and O–H groups in total. The van der Waals surface area contributed by atoms with Crippen molar-refractivity contribution in [3.05, 3.63) is 39.3 Å². The average molecular weight is 382 g/mol. The maximum atomic E-state index is 5.99. The van der Waals surface area contributed by atoms with Crippen LogP contribution in [-0.2, 0) is 6.42 Å². The quantitative estimate of drug-likeness (QED) is 0.749. The zero-order valence-corrected chi connectivity index (χ0v) is 15.4. The minimum atomic E-state index is 0.163. The van der Waals surface area contributed by atoms with E-state index in [1.165, 1.54) is 11.3 Å². The van der Waals surface area contributed by atoms with Gasteiger partial charge in [0.25, 0.3) is 0 Å². The van der Waals surface area contributed by atoms with E-state index in [1.807, 2.05) is 17.5 Å². The highest BCUT2D eigenvalue weighted by molar-refractivity contribution is 7.23. The molecule has 24 heavy (non-hydrogen) atoms. The van der Waals surface area contributed by atoms with Gasteiger partial charge >= 0.3 is 0 Å². The second kappa shape index (κ2) is 6.89. The first-order chi connectivity index (χ1) is 11.7. The van der Waals surface area contributed by atoms with E-state index in [2.05, 4.69) is 32.4 Å². The number of hydrogen-bond acceptors (Lipinski definition) is 8. The maximum Gasteiger partial charge on any atom is 0.232 e. The Morgan fingerprint density at radius 2 is 2.33 bits per heavy atom. The number of halogens is 1. The van der Waals surface area contributed by atoms with Crippen LogP contribution >= 0.6 is 34.3 Å². The summed E-state index contributed by atoms with van der Waals surface area (Å²) in [6, 6.07) is 4.05. The van der Waals surface area contributed by atoms with Crippen molar-refractivity contribution in [1.82, 2.24) is 25.3 Å². The zero-order valence-electron chi connectivity index (χ0n) is 13.0. The standard InChI is InChI=1S/C15H16ClN5OS2/c1-21-5-4-17-7-10(21)14-19-13(22-20-14)6-9-8-23-15(18-9)11-2-3-12(16)24-11/h2-3,8,10,17H,4-7H2,1H3. The van der Waals surface area contributed by atoms with Crippen molar-refractivity contribution in [3.8, 4) is 9.88 Å². The van der Waals surface area contributed by atoms with Crippen molar-refractivity contribution in [2.75, 3.05) is 26.7 Å².